The van der Waals surface area contributed by atoms with E-state index in [0.717, 1.165) is 31.2 Å². The van der Waals surface area contributed by atoms with E-state index in [2.05, 4.69) is 11.4 Å². The van der Waals surface area contributed by atoms with Crippen LogP contribution in [0.4, 0.5) is 0 Å². The fraction of sp³-hybridized carbons (Fsp3) is 0.409. The van der Waals surface area contributed by atoms with Crippen LogP contribution in [0.3, 0.4) is 0 Å². The summed E-state index contributed by atoms with van der Waals surface area (Å²) in [7, 11) is 0. The van der Waals surface area contributed by atoms with Crippen molar-refractivity contribution < 1.29 is 14.4 Å². The summed E-state index contributed by atoms with van der Waals surface area (Å²) in [5.74, 6) is -0.0223. The number of hydrogen-bond acceptors (Lipinski definition) is 4. The van der Waals surface area contributed by atoms with Gasteiger partial charge in [-0.1, -0.05) is 18.2 Å². The van der Waals surface area contributed by atoms with Gasteiger partial charge in [-0.25, -0.2) is 0 Å². The number of carbonyl (C=O) groups is 3. The minimum Gasteiger partial charge on any atom is -0.352 e. The first-order chi connectivity index (χ1) is 14.1. The zero-order chi connectivity index (χ0) is 20.2. The summed E-state index contributed by atoms with van der Waals surface area (Å²) in [6.45, 7) is 1.83. The summed E-state index contributed by atoms with van der Waals surface area (Å²) < 4.78 is 0. The van der Waals surface area contributed by atoms with Crippen molar-refractivity contribution in [3.63, 3.8) is 0 Å². The number of benzene rings is 1. The average Bonchev–Trinajstić information content (AvgIpc) is 3.26. The molecule has 0 radical (unpaired) electrons. The molecule has 0 saturated carbocycles. The van der Waals surface area contributed by atoms with Gasteiger partial charge in [-0.3, -0.25) is 14.4 Å². The highest BCUT2D eigenvalue weighted by Crippen LogP contribution is 2.24. The Morgan fingerprint density at radius 2 is 1.97 bits per heavy atom. The Morgan fingerprint density at radius 3 is 2.72 bits per heavy atom. The second kappa shape index (κ2) is 8.78. The largest absolute Gasteiger partial charge is 0.352 e. The van der Waals surface area contributed by atoms with Crippen LogP contribution in [0.1, 0.15) is 40.1 Å². The van der Waals surface area contributed by atoms with Crippen molar-refractivity contribution in [2.45, 2.75) is 38.3 Å². The van der Waals surface area contributed by atoms with Crippen LogP contribution in [-0.2, 0) is 22.6 Å². The van der Waals surface area contributed by atoms with E-state index in [1.807, 2.05) is 23.6 Å². The van der Waals surface area contributed by atoms with Gasteiger partial charge < -0.3 is 15.1 Å². The Labute approximate surface area is 174 Å². The van der Waals surface area contributed by atoms with Crippen LogP contribution >= 0.6 is 11.3 Å². The molecule has 4 rings (SSSR count). The maximum atomic E-state index is 12.8. The molecule has 1 atom stereocenters. The minimum absolute atomic E-state index is 0.0380. The number of hydrogen-bond donors (Lipinski definition) is 1. The molecule has 3 amide bonds. The lowest BCUT2D eigenvalue weighted by molar-refractivity contribution is -0.158. The molecule has 152 valence electrons. The number of nitrogens with zero attached hydrogens (tertiary/aromatic N) is 2. The summed E-state index contributed by atoms with van der Waals surface area (Å²) in [5, 5.41) is 4.97. The minimum atomic E-state index is -0.293. The predicted molar refractivity (Wildman–Crippen MR) is 112 cm³/mol. The van der Waals surface area contributed by atoms with E-state index in [1.54, 1.807) is 33.3 Å². The molecule has 3 heterocycles. The first-order valence-corrected chi connectivity index (χ1v) is 11.0. The third-order valence-electron chi connectivity index (χ3n) is 5.57. The number of fused-ring (bicyclic) bond motifs is 1. The van der Waals surface area contributed by atoms with Gasteiger partial charge in [0.25, 0.3) is 5.91 Å². The number of nitrogens with one attached hydrogen (secondary N) is 1. The van der Waals surface area contributed by atoms with Gasteiger partial charge in [0.05, 0.1) is 0 Å². The highest BCUT2D eigenvalue weighted by molar-refractivity contribution is 7.09. The normalized spacial score (nSPS) is 19.2. The Morgan fingerprint density at radius 1 is 1.14 bits per heavy atom. The lowest BCUT2D eigenvalue weighted by Gasteiger charge is -2.42. The van der Waals surface area contributed by atoms with Gasteiger partial charge in [0.1, 0.15) is 12.6 Å². The Bertz CT molecular complexity index is 879. The molecule has 2 fully saturated rings. The van der Waals surface area contributed by atoms with Crippen molar-refractivity contribution in [2.75, 3.05) is 19.6 Å². The molecular formula is C22H25N3O3S. The molecule has 0 aliphatic carbocycles. The van der Waals surface area contributed by atoms with Crippen molar-refractivity contribution in [1.29, 1.82) is 0 Å². The first kappa shape index (κ1) is 19.6. The zero-order valence-corrected chi connectivity index (χ0v) is 17.1. The van der Waals surface area contributed by atoms with Crippen LogP contribution in [0.2, 0.25) is 0 Å². The lowest BCUT2D eigenvalue weighted by Crippen LogP contribution is -2.60. The van der Waals surface area contributed by atoms with Gasteiger partial charge in [-0.15, -0.1) is 11.3 Å². The molecule has 7 heteroatoms. The second-order valence-electron chi connectivity index (χ2n) is 7.58. The standard InChI is InChI=1S/C22H25N3O3S/c26-20-15-24(22(28)19-5-1-2-12-25(19)20)14-16-6-8-17(9-7-16)21(27)23-11-10-18-4-3-13-29-18/h3-4,6-9,13,19H,1-2,5,10-12,14-15H2,(H,23,27)/t19-/m1/s1. The summed E-state index contributed by atoms with van der Waals surface area (Å²) in [6, 6.07) is 11.0. The summed E-state index contributed by atoms with van der Waals surface area (Å²) >= 11 is 1.69. The SMILES string of the molecule is O=C(NCCc1cccs1)c1ccc(CN2CC(=O)N3CCCC[C@@H]3C2=O)cc1. The molecule has 2 saturated heterocycles. The van der Waals surface area contributed by atoms with Crippen LogP contribution in [0.15, 0.2) is 41.8 Å². The summed E-state index contributed by atoms with van der Waals surface area (Å²) in [6.07, 6.45) is 3.55. The van der Waals surface area contributed by atoms with Gasteiger partial charge in [0, 0.05) is 30.1 Å². The van der Waals surface area contributed by atoms with Gasteiger partial charge in [-0.05, 0) is 54.8 Å². The average molecular weight is 412 g/mol. The van der Waals surface area contributed by atoms with E-state index >= 15 is 0 Å². The third kappa shape index (κ3) is 4.50. The number of piperidine rings is 1. The molecule has 0 bridgehead atoms. The van der Waals surface area contributed by atoms with E-state index in [-0.39, 0.29) is 30.3 Å². The number of piperazine rings is 1. The van der Waals surface area contributed by atoms with Crippen LogP contribution in [0, 0.1) is 0 Å². The molecule has 6 nitrogen and oxygen atoms in total. The molecule has 1 aromatic heterocycles. The molecule has 1 aromatic carbocycles. The Balaban J connectivity index is 1.32. The fourth-order valence-corrected chi connectivity index (χ4v) is 4.71. The number of rotatable bonds is 6. The van der Waals surface area contributed by atoms with Gasteiger partial charge in [0.15, 0.2) is 0 Å². The highest BCUT2D eigenvalue weighted by atomic mass is 32.1. The van der Waals surface area contributed by atoms with Crippen LogP contribution in [-0.4, -0.2) is 53.2 Å². The van der Waals surface area contributed by atoms with Crippen LogP contribution in [0.25, 0.3) is 0 Å². The molecule has 0 spiro atoms. The number of amides is 3. The van der Waals surface area contributed by atoms with Crippen molar-refractivity contribution >= 4 is 29.1 Å². The second-order valence-corrected chi connectivity index (χ2v) is 8.61. The van der Waals surface area contributed by atoms with E-state index in [4.69, 9.17) is 0 Å². The van der Waals surface area contributed by atoms with Crippen molar-refractivity contribution in [3.8, 4) is 0 Å². The van der Waals surface area contributed by atoms with Gasteiger partial charge in [0.2, 0.25) is 11.8 Å². The van der Waals surface area contributed by atoms with Gasteiger partial charge >= 0.3 is 0 Å². The number of carbonyl (C=O) groups excluding carboxylic acids is 3. The summed E-state index contributed by atoms with van der Waals surface area (Å²) in [5.41, 5.74) is 1.52. The molecule has 1 N–H and O–H groups in total. The third-order valence-corrected chi connectivity index (χ3v) is 6.51. The first-order valence-electron chi connectivity index (χ1n) is 10.1. The molecule has 2 aliphatic rings. The predicted octanol–water partition coefficient (Wildman–Crippen LogP) is 2.44. The smallest absolute Gasteiger partial charge is 0.251 e. The van der Waals surface area contributed by atoms with Crippen molar-refractivity contribution in [2.24, 2.45) is 0 Å². The topological polar surface area (TPSA) is 69.7 Å². The Hall–Kier alpha value is -2.67. The molecule has 2 aromatic rings. The van der Waals surface area contributed by atoms with E-state index in [1.165, 1.54) is 4.88 Å². The monoisotopic (exact) mass is 411 g/mol. The zero-order valence-electron chi connectivity index (χ0n) is 16.3. The molecular weight excluding hydrogens is 386 g/mol. The van der Waals surface area contributed by atoms with E-state index < -0.39 is 0 Å². The lowest BCUT2D eigenvalue weighted by atomic mass is 9.98. The molecule has 2 aliphatic heterocycles. The Kier molecular flexibility index (Phi) is 5.94. The van der Waals surface area contributed by atoms with Crippen molar-refractivity contribution in [1.82, 2.24) is 15.1 Å². The van der Waals surface area contributed by atoms with Crippen LogP contribution < -0.4 is 5.32 Å². The summed E-state index contributed by atoms with van der Waals surface area (Å²) in [4.78, 5) is 42.1. The fourth-order valence-electron chi connectivity index (χ4n) is 4.00. The number of thiophene rings is 1. The van der Waals surface area contributed by atoms with E-state index in [0.29, 0.717) is 25.2 Å². The quantitative estimate of drug-likeness (QED) is 0.794. The van der Waals surface area contributed by atoms with Gasteiger partial charge in [-0.2, -0.15) is 0 Å². The molecule has 29 heavy (non-hydrogen) atoms. The maximum Gasteiger partial charge on any atom is 0.251 e. The van der Waals surface area contributed by atoms with E-state index in [9.17, 15) is 14.4 Å². The maximum absolute atomic E-state index is 12.8. The highest BCUT2D eigenvalue weighted by Gasteiger charge is 2.40. The van der Waals surface area contributed by atoms with Crippen molar-refractivity contribution in [3.05, 3.63) is 57.8 Å². The molecule has 0 unspecified atom stereocenters. The van der Waals surface area contributed by atoms with Crippen LogP contribution in [0.5, 0.6) is 0 Å².